The van der Waals surface area contributed by atoms with Gasteiger partial charge in [0, 0.05) is 12.0 Å². The summed E-state index contributed by atoms with van der Waals surface area (Å²) >= 11 is 6.36. The number of rotatable bonds is 3. The van der Waals surface area contributed by atoms with E-state index >= 15 is 0 Å². The molecule has 3 aromatic rings. The lowest BCUT2D eigenvalue weighted by Crippen LogP contribution is -2.42. The smallest absolute Gasteiger partial charge is 0.229 e. The summed E-state index contributed by atoms with van der Waals surface area (Å²) in [6.45, 7) is 4.17. The highest BCUT2D eigenvalue weighted by molar-refractivity contribution is 6.32. The molecule has 3 heterocycles. The standard InChI is InChI=1S/C20H17ClF2N4O/c1-8-15-17-18(28-20(15)26-9(2)16(8)21)19(25-7-24-17)27-14-6-11(14)10-3-4-12(22)13(23)5-10/h3-5,11,14,25,27H,6-7H2,1-2H3. The van der Waals surface area contributed by atoms with Crippen molar-refractivity contribution < 1.29 is 13.2 Å². The fraction of sp³-hybridized carbons (Fsp3) is 0.300. The van der Waals surface area contributed by atoms with Gasteiger partial charge in [0.15, 0.2) is 17.0 Å². The second-order valence-electron chi connectivity index (χ2n) is 7.23. The molecule has 8 heteroatoms. The summed E-state index contributed by atoms with van der Waals surface area (Å²) in [7, 11) is 0. The van der Waals surface area contributed by atoms with Crippen molar-refractivity contribution in [3.63, 3.8) is 0 Å². The summed E-state index contributed by atoms with van der Waals surface area (Å²) in [5.41, 5.74) is 3.48. The Balaban J connectivity index is 1.53. The maximum absolute atomic E-state index is 13.5. The molecule has 1 fully saturated rings. The minimum absolute atomic E-state index is 0.103. The summed E-state index contributed by atoms with van der Waals surface area (Å²) in [5, 5.41) is 8.77. The Hall–Kier alpha value is -2.67. The molecule has 5 rings (SSSR count). The number of hydrogen-bond donors (Lipinski definition) is 2. The molecule has 0 bridgehead atoms. The van der Waals surface area contributed by atoms with Crippen LogP contribution in [0.15, 0.2) is 27.6 Å². The predicted molar refractivity (Wildman–Crippen MR) is 101 cm³/mol. The van der Waals surface area contributed by atoms with Crippen molar-refractivity contribution in [2.24, 2.45) is 4.99 Å². The lowest BCUT2D eigenvalue weighted by atomic mass is 10.1. The van der Waals surface area contributed by atoms with Gasteiger partial charge < -0.3 is 15.1 Å². The van der Waals surface area contributed by atoms with Crippen molar-refractivity contribution in [3.8, 4) is 0 Å². The van der Waals surface area contributed by atoms with E-state index in [4.69, 9.17) is 16.0 Å². The molecule has 1 aliphatic heterocycles. The topological polar surface area (TPSA) is 62.5 Å². The summed E-state index contributed by atoms with van der Waals surface area (Å²) in [4.78, 5) is 8.98. The quantitative estimate of drug-likeness (QED) is 0.707. The van der Waals surface area contributed by atoms with Gasteiger partial charge in [-0.15, -0.1) is 0 Å². The van der Waals surface area contributed by atoms with Crippen LogP contribution in [0, 0.1) is 25.5 Å². The van der Waals surface area contributed by atoms with Crippen LogP contribution < -0.4 is 21.4 Å². The molecule has 2 atom stereocenters. The summed E-state index contributed by atoms with van der Waals surface area (Å²) in [6, 6.07) is 4.17. The van der Waals surface area contributed by atoms with Crippen molar-refractivity contribution in [2.45, 2.75) is 32.2 Å². The number of hydrogen-bond acceptors (Lipinski definition) is 5. The zero-order valence-electron chi connectivity index (χ0n) is 15.2. The summed E-state index contributed by atoms with van der Waals surface area (Å²) in [6.07, 6.45) is 0.825. The summed E-state index contributed by atoms with van der Waals surface area (Å²) in [5.74, 6) is -0.805. The Morgan fingerprint density at radius 3 is 2.86 bits per heavy atom. The van der Waals surface area contributed by atoms with Crippen LogP contribution >= 0.6 is 11.6 Å². The highest BCUT2D eigenvalue weighted by Crippen LogP contribution is 2.41. The molecule has 0 radical (unpaired) electrons. The second kappa shape index (κ2) is 6.17. The first-order chi connectivity index (χ1) is 13.4. The number of benzene rings is 1. The predicted octanol–water partition coefficient (Wildman–Crippen LogP) is 2.77. The van der Waals surface area contributed by atoms with E-state index in [1.165, 1.54) is 12.1 Å². The van der Waals surface area contributed by atoms with Gasteiger partial charge in [0.05, 0.1) is 16.1 Å². The normalized spacial score (nSPS) is 20.5. The molecule has 2 N–H and O–H groups in total. The van der Waals surface area contributed by atoms with E-state index in [1.807, 2.05) is 13.8 Å². The van der Waals surface area contributed by atoms with E-state index < -0.39 is 11.6 Å². The average molecular weight is 403 g/mol. The monoisotopic (exact) mass is 402 g/mol. The minimum atomic E-state index is -0.831. The fourth-order valence-corrected chi connectivity index (χ4v) is 3.91. The van der Waals surface area contributed by atoms with Crippen LogP contribution in [0.5, 0.6) is 0 Å². The van der Waals surface area contributed by atoms with Crippen LogP contribution in [0.25, 0.3) is 16.9 Å². The van der Waals surface area contributed by atoms with Gasteiger partial charge in [0.1, 0.15) is 17.8 Å². The maximum atomic E-state index is 13.5. The Kier molecular flexibility index (Phi) is 3.84. The maximum Gasteiger partial charge on any atom is 0.229 e. The average Bonchev–Trinajstić information content (AvgIpc) is 3.33. The van der Waals surface area contributed by atoms with Crippen LogP contribution in [0.3, 0.4) is 0 Å². The third-order valence-electron chi connectivity index (χ3n) is 5.37. The van der Waals surface area contributed by atoms with Gasteiger partial charge in [-0.1, -0.05) is 17.7 Å². The van der Waals surface area contributed by atoms with Gasteiger partial charge in [0.2, 0.25) is 5.71 Å². The van der Waals surface area contributed by atoms with Gasteiger partial charge in [-0.25, -0.2) is 13.8 Å². The third kappa shape index (κ3) is 2.64. The molecule has 2 aromatic heterocycles. The highest BCUT2D eigenvalue weighted by atomic mass is 35.5. The Bertz CT molecular complexity index is 1250. The molecule has 1 saturated carbocycles. The Morgan fingerprint density at radius 1 is 1.25 bits per heavy atom. The summed E-state index contributed by atoms with van der Waals surface area (Å²) < 4.78 is 32.7. The van der Waals surface area contributed by atoms with E-state index in [1.54, 1.807) is 6.07 Å². The van der Waals surface area contributed by atoms with Crippen molar-refractivity contribution in [2.75, 3.05) is 6.67 Å². The molecule has 0 saturated heterocycles. The van der Waals surface area contributed by atoms with Gasteiger partial charge in [-0.05, 0) is 43.5 Å². The van der Waals surface area contributed by atoms with Crippen LogP contribution in [0.4, 0.5) is 8.78 Å². The van der Waals surface area contributed by atoms with Crippen molar-refractivity contribution in [1.82, 2.24) is 15.6 Å². The van der Waals surface area contributed by atoms with Crippen molar-refractivity contribution in [3.05, 3.63) is 62.4 Å². The van der Waals surface area contributed by atoms with Crippen LogP contribution in [0.2, 0.25) is 5.02 Å². The molecule has 2 unspecified atom stereocenters. The molecule has 5 nitrogen and oxygen atoms in total. The second-order valence-corrected chi connectivity index (χ2v) is 7.61. The molecular formula is C20H17ClF2N4O. The van der Waals surface area contributed by atoms with E-state index in [0.717, 1.165) is 34.1 Å². The van der Waals surface area contributed by atoms with E-state index in [0.29, 0.717) is 28.5 Å². The number of halogens is 3. The zero-order chi connectivity index (χ0) is 19.6. The van der Waals surface area contributed by atoms with Gasteiger partial charge in [-0.3, -0.25) is 4.99 Å². The molecule has 144 valence electrons. The Morgan fingerprint density at radius 2 is 2.07 bits per heavy atom. The van der Waals surface area contributed by atoms with Crippen LogP contribution in [-0.2, 0) is 0 Å². The van der Waals surface area contributed by atoms with Crippen molar-refractivity contribution in [1.29, 1.82) is 0 Å². The first-order valence-corrected chi connectivity index (χ1v) is 9.41. The molecule has 0 spiro atoms. The van der Waals surface area contributed by atoms with Gasteiger partial charge in [0.25, 0.3) is 0 Å². The molecule has 1 aliphatic carbocycles. The first kappa shape index (κ1) is 17.4. The number of nitrogens with one attached hydrogen (secondary N) is 2. The lowest BCUT2D eigenvalue weighted by molar-refractivity contribution is 0.507. The molecule has 28 heavy (non-hydrogen) atoms. The fourth-order valence-electron chi connectivity index (χ4n) is 3.78. The first-order valence-electron chi connectivity index (χ1n) is 9.03. The SMILES string of the molecule is Cc1nc2oc3c(c2c(C)c1Cl)=NCNC=3NC1CC1c1ccc(F)c(F)c1. The van der Waals surface area contributed by atoms with E-state index in [-0.39, 0.29) is 12.0 Å². The molecule has 1 aromatic carbocycles. The third-order valence-corrected chi connectivity index (χ3v) is 5.92. The number of fused-ring (bicyclic) bond motifs is 3. The molecule has 0 amide bonds. The molecular weight excluding hydrogens is 386 g/mol. The number of pyridine rings is 1. The van der Waals surface area contributed by atoms with E-state index in [2.05, 4.69) is 20.6 Å². The largest absolute Gasteiger partial charge is 0.432 e. The van der Waals surface area contributed by atoms with Gasteiger partial charge in [-0.2, -0.15) is 0 Å². The number of aryl methyl sites for hydroxylation is 2. The number of nitrogens with zero attached hydrogens (tertiary/aromatic N) is 2. The lowest BCUT2D eigenvalue weighted by Gasteiger charge is -2.13. The number of aromatic nitrogens is 1. The molecule has 2 aliphatic rings. The Labute approximate surface area is 164 Å². The zero-order valence-corrected chi connectivity index (χ0v) is 16.0. The minimum Gasteiger partial charge on any atom is -0.432 e. The van der Waals surface area contributed by atoms with Crippen LogP contribution in [-0.4, -0.2) is 17.7 Å². The van der Waals surface area contributed by atoms with E-state index in [9.17, 15) is 8.78 Å². The number of furan rings is 1. The van der Waals surface area contributed by atoms with Crippen molar-refractivity contribution >= 4 is 28.5 Å². The van der Waals surface area contributed by atoms with Crippen LogP contribution in [0.1, 0.15) is 29.2 Å². The van der Waals surface area contributed by atoms with Gasteiger partial charge >= 0.3 is 0 Å². The highest BCUT2D eigenvalue weighted by Gasteiger charge is 2.39.